The molecule has 3 nitrogen and oxygen atoms in total. The van der Waals surface area contributed by atoms with E-state index in [1.807, 2.05) is 11.6 Å². The molecule has 0 fully saturated rings. The van der Waals surface area contributed by atoms with Crippen LogP contribution < -0.4 is 0 Å². The van der Waals surface area contributed by atoms with Gasteiger partial charge < -0.3 is 0 Å². The lowest BCUT2D eigenvalue weighted by Gasteiger charge is -2.16. The summed E-state index contributed by atoms with van der Waals surface area (Å²) < 4.78 is 3.80. The molecule has 0 bridgehead atoms. The fourth-order valence-corrected chi connectivity index (χ4v) is 3.00. The fraction of sp³-hybridized carbons (Fsp3) is 0.333. The SMILES string of the molecule is Cc1nn(CN(C)Cc2ccc(Br)cc2)c(=S)s1. The molecule has 1 heterocycles. The summed E-state index contributed by atoms with van der Waals surface area (Å²) in [5.41, 5.74) is 1.28. The number of hydrogen-bond donors (Lipinski definition) is 0. The van der Waals surface area contributed by atoms with Gasteiger partial charge in [0.05, 0.1) is 6.67 Å². The predicted molar refractivity (Wildman–Crippen MR) is 81.3 cm³/mol. The molecule has 0 aliphatic rings. The van der Waals surface area contributed by atoms with Crippen molar-refractivity contribution >= 4 is 39.5 Å². The molecule has 0 saturated heterocycles. The van der Waals surface area contributed by atoms with E-state index in [1.165, 1.54) is 5.56 Å². The number of halogens is 1. The highest BCUT2D eigenvalue weighted by Gasteiger charge is 2.04. The molecule has 6 heteroatoms. The second-order valence-electron chi connectivity index (χ2n) is 4.17. The number of nitrogens with zero attached hydrogens (tertiary/aromatic N) is 3. The molecule has 0 radical (unpaired) electrons. The van der Waals surface area contributed by atoms with Crippen molar-refractivity contribution in [2.45, 2.75) is 20.1 Å². The van der Waals surface area contributed by atoms with Crippen LogP contribution in [0.4, 0.5) is 0 Å². The lowest BCUT2D eigenvalue weighted by molar-refractivity contribution is 0.245. The maximum atomic E-state index is 5.26. The van der Waals surface area contributed by atoms with Gasteiger partial charge in [0, 0.05) is 11.0 Å². The van der Waals surface area contributed by atoms with Crippen LogP contribution >= 0.6 is 39.5 Å². The number of benzene rings is 1. The second-order valence-corrected chi connectivity index (χ2v) is 6.91. The van der Waals surface area contributed by atoms with Gasteiger partial charge in [-0.05, 0) is 43.9 Å². The molecular formula is C12H14BrN3S2. The molecule has 2 aromatic rings. The molecule has 1 aromatic heterocycles. The first kappa shape index (κ1) is 13.9. The summed E-state index contributed by atoms with van der Waals surface area (Å²) in [5.74, 6) is 0. The summed E-state index contributed by atoms with van der Waals surface area (Å²) in [7, 11) is 2.07. The van der Waals surface area contributed by atoms with Crippen LogP contribution in [0.15, 0.2) is 28.7 Å². The molecule has 0 amide bonds. The van der Waals surface area contributed by atoms with Gasteiger partial charge in [-0.1, -0.05) is 39.4 Å². The van der Waals surface area contributed by atoms with Crippen molar-refractivity contribution in [3.63, 3.8) is 0 Å². The van der Waals surface area contributed by atoms with E-state index >= 15 is 0 Å². The Morgan fingerprint density at radius 2 is 2.06 bits per heavy atom. The van der Waals surface area contributed by atoms with Crippen LogP contribution in [-0.4, -0.2) is 21.7 Å². The molecular weight excluding hydrogens is 330 g/mol. The topological polar surface area (TPSA) is 21.1 Å². The Morgan fingerprint density at radius 1 is 1.39 bits per heavy atom. The standard InChI is InChI=1S/C12H14BrN3S2/c1-9-14-16(12(17)18-9)8-15(2)7-10-3-5-11(13)6-4-10/h3-6H,7-8H2,1-2H3. The molecule has 0 N–H and O–H groups in total. The third-order valence-corrected chi connectivity index (χ3v) is 4.20. The summed E-state index contributed by atoms with van der Waals surface area (Å²) >= 11 is 10.2. The molecule has 0 saturated carbocycles. The average Bonchev–Trinajstić information content (AvgIpc) is 2.61. The monoisotopic (exact) mass is 343 g/mol. The van der Waals surface area contributed by atoms with Crippen LogP contribution in [0.1, 0.15) is 10.6 Å². The minimum absolute atomic E-state index is 0.721. The molecule has 0 spiro atoms. The van der Waals surface area contributed by atoms with Gasteiger partial charge in [0.15, 0.2) is 3.95 Å². The maximum Gasteiger partial charge on any atom is 0.180 e. The van der Waals surface area contributed by atoms with Gasteiger partial charge in [-0.15, -0.1) is 0 Å². The van der Waals surface area contributed by atoms with E-state index in [0.717, 1.165) is 26.6 Å². The van der Waals surface area contributed by atoms with E-state index in [-0.39, 0.29) is 0 Å². The van der Waals surface area contributed by atoms with Crippen molar-refractivity contribution in [2.75, 3.05) is 7.05 Å². The van der Waals surface area contributed by atoms with Crippen molar-refractivity contribution in [3.8, 4) is 0 Å². The lowest BCUT2D eigenvalue weighted by Crippen LogP contribution is -2.22. The molecule has 2 rings (SSSR count). The average molecular weight is 344 g/mol. The highest BCUT2D eigenvalue weighted by Crippen LogP contribution is 2.12. The molecule has 0 aliphatic heterocycles. The highest BCUT2D eigenvalue weighted by atomic mass is 79.9. The highest BCUT2D eigenvalue weighted by molar-refractivity contribution is 9.10. The van der Waals surface area contributed by atoms with Gasteiger partial charge in [0.1, 0.15) is 5.01 Å². The molecule has 0 atom stereocenters. The minimum atomic E-state index is 0.721. The summed E-state index contributed by atoms with van der Waals surface area (Å²) in [6.07, 6.45) is 0. The number of aryl methyl sites for hydroxylation is 1. The zero-order valence-corrected chi connectivity index (χ0v) is 13.5. The Balaban J connectivity index is 2.00. The third kappa shape index (κ3) is 3.71. The minimum Gasteiger partial charge on any atom is -0.283 e. The van der Waals surface area contributed by atoms with E-state index in [0.29, 0.717) is 0 Å². The van der Waals surface area contributed by atoms with Crippen molar-refractivity contribution in [3.05, 3.63) is 43.3 Å². The van der Waals surface area contributed by atoms with Gasteiger partial charge >= 0.3 is 0 Å². The Hall–Kier alpha value is -0.560. The van der Waals surface area contributed by atoms with Gasteiger partial charge in [0.25, 0.3) is 0 Å². The summed E-state index contributed by atoms with van der Waals surface area (Å²) in [6, 6.07) is 8.35. The molecule has 96 valence electrons. The van der Waals surface area contributed by atoms with Crippen LogP contribution in [0.25, 0.3) is 0 Å². The Kier molecular flexibility index (Phi) is 4.66. The summed E-state index contributed by atoms with van der Waals surface area (Å²) in [4.78, 5) is 2.19. The molecule has 0 aliphatic carbocycles. The molecule has 0 unspecified atom stereocenters. The number of rotatable bonds is 4. The molecule has 1 aromatic carbocycles. The van der Waals surface area contributed by atoms with Crippen molar-refractivity contribution in [2.24, 2.45) is 0 Å². The normalized spacial score (nSPS) is 11.1. The van der Waals surface area contributed by atoms with Crippen molar-refractivity contribution < 1.29 is 0 Å². The first-order valence-corrected chi connectivity index (χ1v) is 7.54. The lowest BCUT2D eigenvalue weighted by atomic mass is 10.2. The van der Waals surface area contributed by atoms with E-state index in [9.17, 15) is 0 Å². The van der Waals surface area contributed by atoms with Gasteiger partial charge in [0.2, 0.25) is 0 Å². The Morgan fingerprint density at radius 3 is 2.61 bits per heavy atom. The first-order chi connectivity index (χ1) is 8.54. The zero-order valence-electron chi connectivity index (χ0n) is 10.3. The number of hydrogen-bond acceptors (Lipinski definition) is 4. The first-order valence-electron chi connectivity index (χ1n) is 5.52. The maximum absolute atomic E-state index is 5.26. The number of aromatic nitrogens is 2. The van der Waals surface area contributed by atoms with Crippen LogP contribution in [0.2, 0.25) is 0 Å². The predicted octanol–water partition coefficient (Wildman–Crippen LogP) is 3.83. The van der Waals surface area contributed by atoms with Crippen LogP contribution in [0, 0.1) is 10.9 Å². The van der Waals surface area contributed by atoms with Crippen LogP contribution in [0.3, 0.4) is 0 Å². The largest absolute Gasteiger partial charge is 0.283 e. The van der Waals surface area contributed by atoms with Crippen LogP contribution in [-0.2, 0) is 13.2 Å². The van der Waals surface area contributed by atoms with Crippen molar-refractivity contribution in [1.82, 2.24) is 14.7 Å². The van der Waals surface area contributed by atoms with Gasteiger partial charge in [-0.2, -0.15) is 5.10 Å². The zero-order chi connectivity index (χ0) is 13.1. The van der Waals surface area contributed by atoms with E-state index in [2.05, 4.69) is 57.2 Å². The molecule has 18 heavy (non-hydrogen) atoms. The fourth-order valence-electron chi connectivity index (χ4n) is 1.68. The Labute approximate surface area is 124 Å². The summed E-state index contributed by atoms with van der Waals surface area (Å²) in [5, 5.41) is 5.40. The van der Waals surface area contributed by atoms with E-state index < -0.39 is 0 Å². The van der Waals surface area contributed by atoms with Crippen molar-refractivity contribution in [1.29, 1.82) is 0 Å². The van der Waals surface area contributed by atoms with E-state index in [4.69, 9.17) is 12.2 Å². The van der Waals surface area contributed by atoms with Gasteiger partial charge in [-0.25, -0.2) is 4.68 Å². The quantitative estimate of drug-likeness (QED) is 0.787. The second kappa shape index (κ2) is 6.06. The smallest absolute Gasteiger partial charge is 0.180 e. The van der Waals surface area contributed by atoms with Gasteiger partial charge in [-0.3, -0.25) is 4.90 Å². The van der Waals surface area contributed by atoms with E-state index in [1.54, 1.807) is 11.3 Å². The Bertz CT molecular complexity index is 574. The summed E-state index contributed by atoms with van der Waals surface area (Å²) in [6.45, 7) is 3.58. The third-order valence-electron chi connectivity index (χ3n) is 2.45. The van der Waals surface area contributed by atoms with Crippen LogP contribution in [0.5, 0.6) is 0 Å².